The molecule has 10 aromatic rings. The SMILES string of the molecule is c1ccc(N(c2ccccc2)c2ccc3c(c2)=c2ccc(N(c4ccccc4)c4ccccc4)cc2=c2ccc(N(c4ccccc4)c4ccccc4)cc2=c2ccccc2=3)cc1. The van der Waals surface area contributed by atoms with Gasteiger partial charge in [0, 0.05) is 51.2 Å². The predicted molar refractivity (Wildman–Crippen MR) is 261 cm³/mol. The van der Waals surface area contributed by atoms with Crippen LogP contribution in [0.2, 0.25) is 0 Å². The zero-order valence-electron chi connectivity index (χ0n) is 34.7. The van der Waals surface area contributed by atoms with Crippen LogP contribution in [-0.4, -0.2) is 0 Å². The minimum atomic E-state index is 1.08. The zero-order chi connectivity index (χ0) is 42.0. The fraction of sp³-hybridized carbons (Fsp3) is 0. The molecule has 63 heavy (non-hydrogen) atoms. The highest BCUT2D eigenvalue weighted by Crippen LogP contribution is 2.38. The van der Waals surface area contributed by atoms with Gasteiger partial charge in [0.1, 0.15) is 0 Å². The van der Waals surface area contributed by atoms with E-state index in [1.165, 1.54) is 36.5 Å². The lowest BCUT2D eigenvalue weighted by molar-refractivity contribution is 1.22. The standard InChI is InChI=1S/C60H43N3/c1-7-21-44(22-8-1)61(45-23-9-2-10-24-45)50-35-38-55-53-33-19-20-34-54(53)58-41-51(62(46-25-11-3-12-26-46)47-27-13-4-14-28-47)36-39-56(58)60-43-52(37-40-57(60)59(55)42-50)63(48-29-15-5-16-30-48)49-31-17-6-18-32-49/h1-43H. The second-order valence-corrected chi connectivity index (χ2v) is 15.8. The molecule has 0 spiro atoms. The maximum Gasteiger partial charge on any atom is 0.0468 e. The van der Waals surface area contributed by atoms with Gasteiger partial charge in [-0.25, -0.2) is 0 Å². The topological polar surface area (TPSA) is 9.72 Å². The van der Waals surface area contributed by atoms with Gasteiger partial charge >= 0.3 is 0 Å². The number of benzene rings is 10. The first-order valence-corrected chi connectivity index (χ1v) is 21.5. The molecule has 0 amide bonds. The van der Waals surface area contributed by atoms with Crippen LogP contribution in [0.5, 0.6) is 0 Å². The number of rotatable bonds is 9. The normalized spacial score (nSPS) is 11.2. The lowest BCUT2D eigenvalue weighted by atomic mass is 10.00. The van der Waals surface area contributed by atoms with Gasteiger partial charge in [-0.3, -0.25) is 0 Å². The molecule has 298 valence electrons. The van der Waals surface area contributed by atoms with Gasteiger partial charge in [0.05, 0.1) is 0 Å². The molecule has 0 aromatic heterocycles. The quantitative estimate of drug-likeness (QED) is 0.144. The molecule has 10 aromatic carbocycles. The van der Waals surface area contributed by atoms with Crippen molar-refractivity contribution in [2.24, 2.45) is 0 Å². The molecule has 1 aliphatic carbocycles. The maximum atomic E-state index is 2.40. The van der Waals surface area contributed by atoms with Crippen molar-refractivity contribution >= 4 is 51.2 Å². The predicted octanol–water partition coefficient (Wildman–Crippen LogP) is 15.6. The van der Waals surface area contributed by atoms with E-state index in [-0.39, 0.29) is 0 Å². The Labute approximate surface area is 366 Å². The average molecular weight is 806 g/mol. The summed E-state index contributed by atoms with van der Waals surface area (Å²) in [4.78, 5) is 7.07. The molecule has 0 aliphatic heterocycles. The van der Waals surface area contributed by atoms with E-state index in [1.54, 1.807) is 0 Å². The third kappa shape index (κ3) is 7.12. The number of para-hydroxylation sites is 6. The molecule has 0 saturated carbocycles. The van der Waals surface area contributed by atoms with E-state index in [0.717, 1.165) is 56.4 Å². The summed E-state index contributed by atoms with van der Waals surface area (Å²) in [6.07, 6.45) is 0. The highest BCUT2D eigenvalue weighted by molar-refractivity contribution is 5.79. The van der Waals surface area contributed by atoms with Gasteiger partial charge in [-0.15, -0.1) is 0 Å². The Balaban J connectivity index is 1.30. The summed E-state index contributed by atoms with van der Waals surface area (Å²) in [6, 6.07) is 94.0. The van der Waals surface area contributed by atoms with E-state index >= 15 is 0 Å². The van der Waals surface area contributed by atoms with Crippen LogP contribution in [0, 0.1) is 41.7 Å². The van der Waals surface area contributed by atoms with E-state index < -0.39 is 0 Å². The third-order valence-corrected chi connectivity index (χ3v) is 12.0. The second kappa shape index (κ2) is 16.6. The fourth-order valence-electron chi connectivity index (χ4n) is 9.14. The summed E-state index contributed by atoms with van der Waals surface area (Å²) >= 11 is 0. The van der Waals surface area contributed by atoms with Crippen LogP contribution in [0.3, 0.4) is 0 Å². The van der Waals surface area contributed by atoms with E-state index in [0.29, 0.717) is 0 Å². The average Bonchev–Trinajstić information content (AvgIpc) is 3.36. The molecule has 0 atom stereocenters. The van der Waals surface area contributed by atoms with E-state index in [9.17, 15) is 0 Å². The van der Waals surface area contributed by atoms with Crippen LogP contribution in [-0.2, 0) is 0 Å². The molecule has 0 fully saturated rings. The Bertz CT molecular complexity index is 3400. The number of nitrogens with zero attached hydrogens (tertiary/aromatic N) is 3. The van der Waals surface area contributed by atoms with Crippen LogP contribution in [0.25, 0.3) is 0 Å². The molecular weight excluding hydrogens is 763 g/mol. The van der Waals surface area contributed by atoms with E-state index in [4.69, 9.17) is 0 Å². The summed E-state index contributed by atoms with van der Waals surface area (Å²) in [5.41, 5.74) is 9.87. The van der Waals surface area contributed by atoms with Crippen LogP contribution < -0.4 is 14.7 Å². The summed E-state index contributed by atoms with van der Waals surface area (Å²) in [7, 11) is 0. The minimum Gasteiger partial charge on any atom is -0.310 e. The van der Waals surface area contributed by atoms with E-state index in [1.807, 2.05) is 0 Å². The fourth-order valence-corrected chi connectivity index (χ4v) is 9.14. The molecule has 0 N–H and O–H groups in total. The Hall–Kier alpha value is -8.40. The number of hydrogen-bond donors (Lipinski definition) is 0. The summed E-state index contributed by atoms with van der Waals surface area (Å²) in [6.45, 7) is 0. The molecule has 3 nitrogen and oxygen atoms in total. The smallest absolute Gasteiger partial charge is 0.0468 e. The molecule has 0 unspecified atom stereocenters. The second-order valence-electron chi connectivity index (χ2n) is 15.8. The van der Waals surface area contributed by atoms with Gasteiger partial charge < -0.3 is 14.7 Å². The van der Waals surface area contributed by atoms with Crippen LogP contribution in [0.1, 0.15) is 0 Å². The Kier molecular flexibility index (Phi) is 9.89. The van der Waals surface area contributed by atoms with Gasteiger partial charge in [0.15, 0.2) is 0 Å². The van der Waals surface area contributed by atoms with Crippen molar-refractivity contribution in [1.29, 1.82) is 0 Å². The van der Waals surface area contributed by atoms with Crippen molar-refractivity contribution in [3.63, 3.8) is 0 Å². The molecule has 0 bridgehead atoms. The van der Waals surface area contributed by atoms with Crippen LogP contribution >= 0.6 is 0 Å². The Morgan fingerprint density at radius 2 is 0.333 bits per heavy atom. The van der Waals surface area contributed by atoms with Gasteiger partial charge in [0.25, 0.3) is 0 Å². The van der Waals surface area contributed by atoms with Gasteiger partial charge in [-0.2, -0.15) is 0 Å². The van der Waals surface area contributed by atoms with Crippen molar-refractivity contribution in [3.8, 4) is 0 Å². The minimum absolute atomic E-state index is 1.08. The highest BCUT2D eigenvalue weighted by Gasteiger charge is 2.17. The Morgan fingerprint density at radius 3 is 0.587 bits per heavy atom. The van der Waals surface area contributed by atoms with Crippen molar-refractivity contribution in [3.05, 3.63) is 303 Å². The molecule has 1 aliphatic rings. The van der Waals surface area contributed by atoms with Crippen LogP contribution in [0.4, 0.5) is 51.2 Å². The largest absolute Gasteiger partial charge is 0.310 e. The molecule has 3 heteroatoms. The van der Waals surface area contributed by atoms with Gasteiger partial charge in [-0.1, -0.05) is 152 Å². The maximum absolute atomic E-state index is 2.40. The van der Waals surface area contributed by atoms with Crippen LogP contribution in [0.15, 0.2) is 261 Å². The van der Waals surface area contributed by atoms with E-state index in [2.05, 4.69) is 276 Å². The monoisotopic (exact) mass is 805 g/mol. The molecule has 11 rings (SSSR count). The summed E-state index contributed by atoms with van der Waals surface area (Å²) < 4.78 is 0. The summed E-state index contributed by atoms with van der Waals surface area (Å²) in [5.74, 6) is 0. The highest BCUT2D eigenvalue weighted by atomic mass is 15.2. The van der Waals surface area contributed by atoms with Gasteiger partial charge in [-0.05, 0) is 151 Å². The number of hydrogen-bond acceptors (Lipinski definition) is 3. The first-order valence-electron chi connectivity index (χ1n) is 21.5. The lowest BCUT2D eigenvalue weighted by Crippen LogP contribution is -2.10. The van der Waals surface area contributed by atoms with Crippen molar-refractivity contribution in [2.75, 3.05) is 14.7 Å². The zero-order valence-corrected chi connectivity index (χ0v) is 34.7. The number of anilines is 9. The molecular formula is C60H43N3. The molecule has 0 radical (unpaired) electrons. The molecule has 0 saturated heterocycles. The first kappa shape index (κ1) is 37.6. The lowest BCUT2D eigenvalue weighted by Gasteiger charge is -2.26. The number of fused-ring (bicyclic) bond motifs is 4. The Morgan fingerprint density at radius 1 is 0.143 bits per heavy atom. The third-order valence-electron chi connectivity index (χ3n) is 12.0. The van der Waals surface area contributed by atoms with Crippen molar-refractivity contribution in [2.45, 2.75) is 0 Å². The first-order chi connectivity index (χ1) is 31.3. The molecule has 0 heterocycles. The van der Waals surface area contributed by atoms with Crippen molar-refractivity contribution in [1.82, 2.24) is 0 Å². The summed E-state index contributed by atoms with van der Waals surface area (Å²) in [5, 5.41) is 9.42. The van der Waals surface area contributed by atoms with Gasteiger partial charge in [0.2, 0.25) is 0 Å². The van der Waals surface area contributed by atoms with Crippen molar-refractivity contribution < 1.29 is 0 Å².